The van der Waals surface area contributed by atoms with Crippen molar-refractivity contribution >= 4 is 29.2 Å². The van der Waals surface area contributed by atoms with Crippen molar-refractivity contribution < 1.29 is 33.2 Å². The highest BCUT2D eigenvalue weighted by Crippen LogP contribution is 2.20. The molecule has 2 rings (SSSR count). The standard InChI is InChI=1S/C18H15FN2O7/c1-10(16(22)20-15-6-4-3-5-14(15)19)28-18(24)12-7-11(17(23)27-2)8-13(9-12)21(25)26/h3-10H,1-2H3,(H,20,22). The van der Waals surface area contributed by atoms with Crippen molar-refractivity contribution in [3.63, 3.8) is 0 Å². The molecule has 0 aliphatic heterocycles. The van der Waals surface area contributed by atoms with Crippen LogP contribution in [0, 0.1) is 15.9 Å². The third-order valence-corrected chi connectivity index (χ3v) is 3.57. The number of non-ortho nitro benzene ring substituents is 1. The molecule has 146 valence electrons. The number of para-hydroxylation sites is 1. The minimum atomic E-state index is -1.34. The second kappa shape index (κ2) is 8.71. The zero-order valence-corrected chi connectivity index (χ0v) is 14.8. The van der Waals surface area contributed by atoms with Crippen molar-refractivity contribution in [2.24, 2.45) is 0 Å². The fraction of sp³-hybridized carbons (Fsp3) is 0.167. The smallest absolute Gasteiger partial charge is 0.339 e. The van der Waals surface area contributed by atoms with Gasteiger partial charge >= 0.3 is 11.9 Å². The van der Waals surface area contributed by atoms with Crippen molar-refractivity contribution in [3.05, 3.63) is 69.5 Å². The summed E-state index contributed by atoms with van der Waals surface area (Å²) in [4.78, 5) is 46.2. The number of rotatable bonds is 6. The normalized spacial score (nSPS) is 11.2. The summed E-state index contributed by atoms with van der Waals surface area (Å²) in [5, 5.41) is 13.3. The van der Waals surface area contributed by atoms with Crippen molar-refractivity contribution in [3.8, 4) is 0 Å². The molecule has 0 aliphatic rings. The van der Waals surface area contributed by atoms with Crippen LogP contribution in [0.4, 0.5) is 15.8 Å². The van der Waals surface area contributed by atoms with Crippen LogP contribution in [0.15, 0.2) is 42.5 Å². The van der Waals surface area contributed by atoms with Crippen LogP contribution in [-0.4, -0.2) is 36.0 Å². The molecule has 0 radical (unpaired) electrons. The number of nitrogens with one attached hydrogen (secondary N) is 1. The van der Waals surface area contributed by atoms with E-state index in [1.807, 2.05) is 0 Å². The van der Waals surface area contributed by atoms with E-state index in [2.05, 4.69) is 10.1 Å². The Hall–Kier alpha value is -3.82. The molecule has 0 bridgehead atoms. The summed E-state index contributed by atoms with van der Waals surface area (Å²) in [5.74, 6) is -3.44. The number of hydrogen-bond acceptors (Lipinski definition) is 7. The number of anilines is 1. The molecule has 10 heteroatoms. The molecule has 0 heterocycles. The summed E-state index contributed by atoms with van der Waals surface area (Å²) in [6.45, 7) is 1.24. The molecule has 0 saturated carbocycles. The molecule has 0 aromatic heterocycles. The molecule has 0 fully saturated rings. The molecule has 1 atom stereocenters. The summed E-state index contributed by atoms with van der Waals surface area (Å²) in [6.07, 6.45) is -1.34. The van der Waals surface area contributed by atoms with Gasteiger partial charge < -0.3 is 14.8 Å². The zero-order valence-electron chi connectivity index (χ0n) is 14.8. The molecule has 0 aliphatic carbocycles. The van der Waals surface area contributed by atoms with Gasteiger partial charge in [0.05, 0.1) is 28.8 Å². The number of hydrogen-bond donors (Lipinski definition) is 1. The lowest BCUT2D eigenvalue weighted by molar-refractivity contribution is -0.384. The molecule has 28 heavy (non-hydrogen) atoms. The topological polar surface area (TPSA) is 125 Å². The SMILES string of the molecule is COC(=O)c1cc(C(=O)OC(C)C(=O)Nc2ccccc2F)cc([N+](=O)[O-])c1. The molecule has 2 aromatic carbocycles. The Labute approximate surface area is 158 Å². The first-order valence-electron chi connectivity index (χ1n) is 7.87. The fourth-order valence-corrected chi connectivity index (χ4v) is 2.15. The molecular weight excluding hydrogens is 375 g/mol. The predicted octanol–water partition coefficient (Wildman–Crippen LogP) is 2.70. The lowest BCUT2D eigenvalue weighted by Crippen LogP contribution is -2.30. The van der Waals surface area contributed by atoms with Crippen LogP contribution < -0.4 is 5.32 Å². The third kappa shape index (κ3) is 4.87. The number of amides is 1. The van der Waals surface area contributed by atoms with Gasteiger partial charge in [-0.05, 0) is 25.1 Å². The lowest BCUT2D eigenvalue weighted by atomic mass is 10.1. The van der Waals surface area contributed by atoms with E-state index >= 15 is 0 Å². The largest absolute Gasteiger partial charge is 0.465 e. The molecule has 9 nitrogen and oxygen atoms in total. The highest BCUT2D eigenvalue weighted by molar-refractivity contribution is 5.99. The number of nitro groups is 1. The summed E-state index contributed by atoms with van der Waals surface area (Å²) in [6, 6.07) is 8.30. The highest BCUT2D eigenvalue weighted by atomic mass is 19.1. The Morgan fingerprint density at radius 3 is 2.29 bits per heavy atom. The van der Waals surface area contributed by atoms with Gasteiger partial charge in [-0.15, -0.1) is 0 Å². The number of methoxy groups -OCH3 is 1. The van der Waals surface area contributed by atoms with Gasteiger partial charge in [-0.1, -0.05) is 12.1 Å². The van der Waals surface area contributed by atoms with Crippen molar-refractivity contribution in [2.75, 3.05) is 12.4 Å². The molecule has 1 unspecified atom stereocenters. The first-order valence-corrected chi connectivity index (χ1v) is 7.87. The maximum absolute atomic E-state index is 13.6. The quantitative estimate of drug-likeness (QED) is 0.457. The Bertz CT molecular complexity index is 945. The lowest BCUT2D eigenvalue weighted by Gasteiger charge is -2.14. The second-order valence-electron chi connectivity index (χ2n) is 5.53. The number of benzene rings is 2. The van der Waals surface area contributed by atoms with Gasteiger partial charge in [-0.25, -0.2) is 14.0 Å². The summed E-state index contributed by atoms with van der Waals surface area (Å²) < 4.78 is 23.0. The predicted molar refractivity (Wildman–Crippen MR) is 94.3 cm³/mol. The number of carbonyl (C=O) groups is 3. The first-order chi connectivity index (χ1) is 13.2. The maximum Gasteiger partial charge on any atom is 0.339 e. The van der Waals surface area contributed by atoms with Gasteiger partial charge in [0.25, 0.3) is 11.6 Å². The molecule has 2 aromatic rings. The number of halogens is 1. The first kappa shape index (κ1) is 20.5. The van der Waals surface area contributed by atoms with Gasteiger partial charge in [-0.2, -0.15) is 0 Å². The van der Waals surface area contributed by atoms with Gasteiger partial charge in [-0.3, -0.25) is 14.9 Å². The van der Waals surface area contributed by atoms with Crippen LogP contribution in [0.3, 0.4) is 0 Å². The molecule has 0 saturated heterocycles. The van der Waals surface area contributed by atoms with Gasteiger partial charge in [0.15, 0.2) is 6.10 Å². The average Bonchev–Trinajstić information content (AvgIpc) is 2.68. The van der Waals surface area contributed by atoms with Crippen LogP contribution in [0.25, 0.3) is 0 Å². The summed E-state index contributed by atoms with van der Waals surface area (Å²) in [5.41, 5.74) is -1.18. The molecule has 1 N–H and O–H groups in total. The third-order valence-electron chi connectivity index (χ3n) is 3.57. The van der Waals surface area contributed by atoms with Crippen LogP contribution >= 0.6 is 0 Å². The molecule has 0 spiro atoms. The van der Waals surface area contributed by atoms with Crippen LogP contribution in [-0.2, 0) is 14.3 Å². The summed E-state index contributed by atoms with van der Waals surface area (Å²) in [7, 11) is 1.08. The summed E-state index contributed by atoms with van der Waals surface area (Å²) >= 11 is 0. The number of esters is 2. The number of nitro benzene ring substituents is 1. The second-order valence-corrected chi connectivity index (χ2v) is 5.53. The molecular formula is C18H15FN2O7. The van der Waals surface area contributed by atoms with Gasteiger partial charge in [0.1, 0.15) is 5.82 Å². The van der Waals surface area contributed by atoms with Gasteiger partial charge in [0, 0.05) is 12.1 Å². The number of nitrogens with zero attached hydrogens (tertiary/aromatic N) is 1. The van der Waals surface area contributed by atoms with E-state index in [-0.39, 0.29) is 16.8 Å². The average molecular weight is 390 g/mol. The Morgan fingerprint density at radius 2 is 1.71 bits per heavy atom. The van der Waals surface area contributed by atoms with Gasteiger partial charge in [0.2, 0.25) is 0 Å². The van der Waals surface area contributed by atoms with E-state index in [0.29, 0.717) is 0 Å². The molecule has 1 amide bonds. The number of ether oxygens (including phenoxy) is 2. The van der Waals surface area contributed by atoms with E-state index in [9.17, 15) is 28.9 Å². The maximum atomic E-state index is 13.6. The number of carbonyl (C=O) groups excluding carboxylic acids is 3. The Kier molecular flexibility index (Phi) is 6.38. The van der Waals surface area contributed by atoms with E-state index in [1.54, 1.807) is 0 Å². The van der Waals surface area contributed by atoms with E-state index < -0.39 is 40.4 Å². The van der Waals surface area contributed by atoms with Crippen LogP contribution in [0.1, 0.15) is 27.6 Å². The Balaban J connectivity index is 2.18. The van der Waals surface area contributed by atoms with Crippen molar-refractivity contribution in [1.29, 1.82) is 0 Å². The van der Waals surface area contributed by atoms with Crippen molar-refractivity contribution in [2.45, 2.75) is 13.0 Å². The minimum absolute atomic E-state index is 0.0984. The van der Waals surface area contributed by atoms with E-state index in [4.69, 9.17) is 4.74 Å². The fourth-order valence-electron chi connectivity index (χ4n) is 2.15. The van der Waals surface area contributed by atoms with E-state index in [1.165, 1.54) is 25.1 Å². The monoisotopic (exact) mass is 390 g/mol. The Morgan fingerprint density at radius 1 is 1.11 bits per heavy atom. The van der Waals surface area contributed by atoms with Crippen LogP contribution in [0.2, 0.25) is 0 Å². The minimum Gasteiger partial charge on any atom is -0.465 e. The zero-order chi connectivity index (χ0) is 20.8. The van der Waals surface area contributed by atoms with Crippen LogP contribution in [0.5, 0.6) is 0 Å². The highest BCUT2D eigenvalue weighted by Gasteiger charge is 2.23. The van der Waals surface area contributed by atoms with E-state index in [0.717, 1.165) is 31.4 Å². The van der Waals surface area contributed by atoms with Crippen molar-refractivity contribution in [1.82, 2.24) is 0 Å².